The Kier molecular flexibility index (Phi) is 8.16. The van der Waals surface area contributed by atoms with Crippen LogP contribution in [0.2, 0.25) is 0 Å². The standard InChI is InChI=1S/C48H32N4/c1-4-15-36(16-5-1)44-31-41(32-45(49-44)43-25-13-21-35-14-10-11-24-42(35)43)34-28-26-33(27-29-34)39-22-12-23-40(30-39)48-51-46(37-17-6-2-7-18-37)50-47(52-48)38-19-8-3-9-20-38/h1-32H. The molecule has 7 aromatic carbocycles. The van der Waals surface area contributed by atoms with E-state index in [0.29, 0.717) is 17.5 Å². The molecule has 0 aliphatic heterocycles. The highest BCUT2D eigenvalue weighted by Crippen LogP contribution is 2.35. The van der Waals surface area contributed by atoms with Crippen molar-refractivity contribution in [1.29, 1.82) is 0 Å². The maximum Gasteiger partial charge on any atom is 0.164 e. The summed E-state index contributed by atoms with van der Waals surface area (Å²) in [5.41, 5.74) is 11.4. The first kappa shape index (κ1) is 31.0. The molecule has 0 aliphatic carbocycles. The molecule has 9 rings (SSSR count). The number of hydrogen-bond acceptors (Lipinski definition) is 4. The van der Waals surface area contributed by atoms with E-state index in [-0.39, 0.29) is 0 Å². The first-order valence-electron chi connectivity index (χ1n) is 17.4. The fraction of sp³-hybridized carbons (Fsp3) is 0. The van der Waals surface area contributed by atoms with Crippen LogP contribution in [-0.2, 0) is 0 Å². The summed E-state index contributed by atoms with van der Waals surface area (Å²) < 4.78 is 0. The van der Waals surface area contributed by atoms with Gasteiger partial charge in [-0.05, 0) is 51.2 Å². The molecule has 4 heteroatoms. The summed E-state index contributed by atoms with van der Waals surface area (Å²) in [5, 5.41) is 2.39. The number of benzene rings is 7. The van der Waals surface area contributed by atoms with E-state index in [9.17, 15) is 0 Å². The van der Waals surface area contributed by atoms with Crippen LogP contribution in [0.15, 0.2) is 194 Å². The minimum absolute atomic E-state index is 0.636. The summed E-state index contributed by atoms with van der Waals surface area (Å²) >= 11 is 0. The molecule has 244 valence electrons. The van der Waals surface area contributed by atoms with Gasteiger partial charge in [0.2, 0.25) is 0 Å². The molecule has 0 fully saturated rings. The van der Waals surface area contributed by atoms with Gasteiger partial charge in [0.1, 0.15) is 0 Å². The summed E-state index contributed by atoms with van der Waals surface area (Å²) in [5.74, 6) is 1.93. The molecule has 0 saturated carbocycles. The van der Waals surface area contributed by atoms with Crippen LogP contribution in [0.5, 0.6) is 0 Å². The van der Waals surface area contributed by atoms with Gasteiger partial charge in [-0.2, -0.15) is 0 Å². The molecule has 0 aliphatic rings. The lowest BCUT2D eigenvalue weighted by Gasteiger charge is -2.13. The second-order valence-electron chi connectivity index (χ2n) is 12.7. The monoisotopic (exact) mass is 664 g/mol. The van der Waals surface area contributed by atoms with Gasteiger partial charge in [0.05, 0.1) is 11.4 Å². The number of fused-ring (bicyclic) bond motifs is 1. The van der Waals surface area contributed by atoms with E-state index < -0.39 is 0 Å². The van der Waals surface area contributed by atoms with E-state index in [1.54, 1.807) is 0 Å². The van der Waals surface area contributed by atoms with Gasteiger partial charge < -0.3 is 0 Å². The van der Waals surface area contributed by atoms with Gasteiger partial charge in [-0.1, -0.05) is 176 Å². The molecule has 0 N–H and O–H groups in total. The van der Waals surface area contributed by atoms with Crippen LogP contribution in [0.3, 0.4) is 0 Å². The third-order valence-corrected chi connectivity index (χ3v) is 9.33. The highest BCUT2D eigenvalue weighted by atomic mass is 15.0. The predicted molar refractivity (Wildman–Crippen MR) is 213 cm³/mol. The molecule has 0 bridgehead atoms. The normalized spacial score (nSPS) is 11.1. The average molecular weight is 665 g/mol. The molecule has 4 nitrogen and oxygen atoms in total. The molecule has 0 amide bonds. The number of rotatable bonds is 7. The SMILES string of the molecule is c1ccc(-c2cc(-c3ccc(-c4cccc(-c5nc(-c6ccccc6)nc(-c6ccccc6)n5)c4)cc3)cc(-c3cccc4ccccc34)n2)cc1. The van der Waals surface area contributed by atoms with Crippen molar-refractivity contribution in [2.75, 3.05) is 0 Å². The topological polar surface area (TPSA) is 51.6 Å². The zero-order valence-electron chi connectivity index (χ0n) is 28.3. The maximum absolute atomic E-state index is 5.19. The first-order chi connectivity index (χ1) is 25.7. The third-order valence-electron chi connectivity index (χ3n) is 9.33. The van der Waals surface area contributed by atoms with E-state index in [2.05, 4.69) is 127 Å². The minimum atomic E-state index is 0.636. The fourth-order valence-electron chi connectivity index (χ4n) is 6.67. The van der Waals surface area contributed by atoms with Crippen LogP contribution in [0.1, 0.15) is 0 Å². The first-order valence-corrected chi connectivity index (χ1v) is 17.4. The van der Waals surface area contributed by atoms with Crippen molar-refractivity contribution < 1.29 is 0 Å². The Morgan fingerprint density at radius 1 is 0.250 bits per heavy atom. The van der Waals surface area contributed by atoms with Crippen molar-refractivity contribution in [3.05, 3.63) is 194 Å². The average Bonchev–Trinajstić information content (AvgIpc) is 3.24. The van der Waals surface area contributed by atoms with Gasteiger partial charge in [-0.15, -0.1) is 0 Å². The van der Waals surface area contributed by atoms with Crippen LogP contribution in [-0.4, -0.2) is 19.9 Å². The Balaban J connectivity index is 1.09. The van der Waals surface area contributed by atoms with Crippen molar-refractivity contribution in [3.63, 3.8) is 0 Å². The van der Waals surface area contributed by atoms with Crippen LogP contribution >= 0.6 is 0 Å². The molecular formula is C48H32N4. The minimum Gasteiger partial charge on any atom is -0.248 e. The van der Waals surface area contributed by atoms with Gasteiger partial charge in [0, 0.05) is 27.8 Å². The lowest BCUT2D eigenvalue weighted by atomic mass is 9.95. The van der Waals surface area contributed by atoms with E-state index >= 15 is 0 Å². The van der Waals surface area contributed by atoms with Crippen LogP contribution < -0.4 is 0 Å². The van der Waals surface area contributed by atoms with Crippen molar-refractivity contribution in [3.8, 4) is 78.9 Å². The molecular weight excluding hydrogens is 633 g/mol. The fourth-order valence-corrected chi connectivity index (χ4v) is 6.67. The smallest absolute Gasteiger partial charge is 0.164 e. The van der Waals surface area contributed by atoms with Crippen LogP contribution in [0, 0.1) is 0 Å². The second kappa shape index (κ2) is 13.7. The molecule has 0 unspecified atom stereocenters. The number of nitrogens with zero attached hydrogens (tertiary/aromatic N) is 4. The van der Waals surface area contributed by atoms with Crippen LogP contribution in [0.25, 0.3) is 89.7 Å². The predicted octanol–water partition coefficient (Wildman–Crippen LogP) is 12.1. The molecule has 0 saturated heterocycles. The summed E-state index contributed by atoms with van der Waals surface area (Å²) in [7, 11) is 0. The summed E-state index contributed by atoms with van der Waals surface area (Å²) in [6.45, 7) is 0. The Bertz CT molecular complexity index is 2590. The molecule has 0 spiro atoms. The molecule has 0 radical (unpaired) electrons. The van der Waals surface area contributed by atoms with Crippen molar-refractivity contribution in [1.82, 2.24) is 19.9 Å². The van der Waals surface area contributed by atoms with Gasteiger partial charge in [-0.3, -0.25) is 0 Å². The van der Waals surface area contributed by atoms with E-state index in [1.807, 2.05) is 66.7 Å². The Labute approximate surface area is 302 Å². The van der Waals surface area contributed by atoms with Gasteiger partial charge in [0.25, 0.3) is 0 Å². The third kappa shape index (κ3) is 6.26. The van der Waals surface area contributed by atoms with Crippen molar-refractivity contribution >= 4 is 10.8 Å². The Morgan fingerprint density at radius 3 is 1.37 bits per heavy atom. The lowest BCUT2D eigenvalue weighted by Crippen LogP contribution is -2.00. The summed E-state index contributed by atoms with van der Waals surface area (Å²) in [4.78, 5) is 19.9. The van der Waals surface area contributed by atoms with Gasteiger partial charge >= 0.3 is 0 Å². The molecule has 2 heterocycles. The second-order valence-corrected chi connectivity index (χ2v) is 12.7. The van der Waals surface area contributed by atoms with E-state index in [4.69, 9.17) is 19.9 Å². The number of aromatic nitrogens is 4. The maximum atomic E-state index is 5.19. The lowest BCUT2D eigenvalue weighted by molar-refractivity contribution is 1.07. The Morgan fingerprint density at radius 2 is 0.712 bits per heavy atom. The highest BCUT2D eigenvalue weighted by Gasteiger charge is 2.14. The van der Waals surface area contributed by atoms with E-state index in [1.165, 1.54) is 10.8 Å². The van der Waals surface area contributed by atoms with Gasteiger partial charge in [0.15, 0.2) is 17.5 Å². The van der Waals surface area contributed by atoms with Crippen molar-refractivity contribution in [2.24, 2.45) is 0 Å². The summed E-state index contributed by atoms with van der Waals surface area (Å²) in [6.07, 6.45) is 0. The molecule has 9 aromatic rings. The number of hydrogen-bond donors (Lipinski definition) is 0. The number of pyridine rings is 1. The quantitative estimate of drug-likeness (QED) is 0.170. The molecule has 52 heavy (non-hydrogen) atoms. The molecule has 0 atom stereocenters. The summed E-state index contributed by atoms with van der Waals surface area (Å²) in [6, 6.07) is 67.0. The van der Waals surface area contributed by atoms with Crippen LogP contribution in [0.4, 0.5) is 0 Å². The Hall–Kier alpha value is -7.04. The largest absolute Gasteiger partial charge is 0.248 e. The van der Waals surface area contributed by atoms with Crippen molar-refractivity contribution in [2.45, 2.75) is 0 Å². The van der Waals surface area contributed by atoms with E-state index in [0.717, 1.165) is 61.5 Å². The van der Waals surface area contributed by atoms with Gasteiger partial charge in [-0.25, -0.2) is 19.9 Å². The zero-order chi connectivity index (χ0) is 34.7. The highest BCUT2D eigenvalue weighted by molar-refractivity contribution is 5.96. The molecule has 2 aromatic heterocycles. The zero-order valence-corrected chi connectivity index (χ0v) is 28.3.